The third-order valence-corrected chi connectivity index (χ3v) is 3.54. The summed E-state index contributed by atoms with van der Waals surface area (Å²) < 4.78 is 0. The molecule has 0 saturated heterocycles. The molecule has 0 bridgehead atoms. The Morgan fingerprint density at radius 3 is 2.50 bits per heavy atom. The number of nitrogens with zero attached hydrogens (tertiary/aromatic N) is 1. The Bertz CT molecular complexity index is 674. The second kappa shape index (κ2) is 9.29. The van der Waals surface area contributed by atoms with Crippen LogP contribution < -0.4 is 16.4 Å². The van der Waals surface area contributed by atoms with Crippen LogP contribution in [0.5, 0.6) is 0 Å². The van der Waals surface area contributed by atoms with Gasteiger partial charge in [0, 0.05) is 30.9 Å². The summed E-state index contributed by atoms with van der Waals surface area (Å²) in [5, 5.41) is 5.65. The predicted octanol–water partition coefficient (Wildman–Crippen LogP) is 2.59. The minimum atomic E-state index is -0.102. The highest BCUT2D eigenvalue weighted by molar-refractivity contribution is 5.94. The number of anilines is 2. The molecule has 6 heteroatoms. The Morgan fingerprint density at radius 1 is 1.00 bits per heavy atom. The van der Waals surface area contributed by atoms with Crippen LogP contribution in [0.4, 0.5) is 11.4 Å². The zero-order valence-corrected chi connectivity index (χ0v) is 13.5. The highest BCUT2D eigenvalue weighted by Gasteiger charge is 2.05. The first-order valence-electron chi connectivity index (χ1n) is 7.99. The van der Waals surface area contributed by atoms with Gasteiger partial charge in [0.2, 0.25) is 5.91 Å². The van der Waals surface area contributed by atoms with E-state index in [9.17, 15) is 9.59 Å². The van der Waals surface area contributed by atoms with E-state index in [1.165, 1.54) is 0 Å². The number of carbonyl (C=O) groups excluding carboxylic acids is 2. The van der Waals surface area contributed by atoms with E-state index in [1.54, 1.807) is 36.7 Å². The zero-order chi connectivity index (χ0) is 17.2. The lowest BCUT2D eigenvalue weighted by Gasteiger charge is -2.08. The summed E-state index contributed by atoms with van der Waals surface area (Å²) >= 11 is 0. The number of unbranched alkanes of at least 4 members (excludes halogenated alkanes) is 2. The number of hydrogen-bond donors (Lipinski definition) is 3. The van der Waals surface area contributed by atoms with Crippen molar-refractivity contribution in [2.75, 3.05) is 17.6 Å². The summed E-state index contributed by atoms with van der Waals surface area (Å²) in [6.07, 6.45) is 6.09. The normalized spacial score (nSPS) is 10.2. The molecule has 0 atom stereocenters. The summed E-state index contributed by atoms with van der Waals surface area (Å²) in [7, 11) is 0. The minimum Gasteiger partial charge on any atom is -0.397 e. The Morgan fingerprint density at radius 2 is 1.75 bits per heavy atom. The number of nitrogens with one attached hydrogen (secondary N) is 2. The fourth-order valence-corrected chi connectivity index (χ4v) is 2.22. The maximum absolute atomic E-state index is 11.8. The smallest absolute Gasteiger partial charge is 0.251 e. The van der Waals surface area contributed by atoms with E-state index in [0.717, 1.165) is 19.3 Å². The van der Waals surface area contributed by atoms with Gasteiger partial charge >= 0.3 is 0 Å². The number of benzene rings is 1. The van der Waals surface area contributed by atoms with Crippen LogP contribution in [0.15, 0.2) is 48.8 Å². The molecule has 24 heavy (non-hydrogen) atoms. The summed E-state index contributed by atoms with van der Waals surface area (Å²) in [4.78, 5) is 27.5. The SMILES string of the molecule is Nc1ccccc1NC(=O)CCCCCNC(=O)c1ccncc1. The van der Waals surface area contributed by atoms with Gasteiger partial charge in [0.25, 0.3) is 5.91 Å². The van der Waals surface area contributed by atoms with Gasteiger partial charge in [0.15, 0.2) is 0 Å². The Balaban J connectivity index is 1.57. The van der Waals surface area contributed by atoms with Gasteiger partial charge in [-0.2, -0.15) is 0 Å². The maximum atomic E-state index is 11.8. The molecule has 0 radical (unpaired) electrons. The van der Waals surface area contributed by atoms with Crippen LogP contribution in [0, 0.1) is 0 Å². The molecule has 1 aromatic heterocycles. The highest BCUT2D eigenvalue weighted by atomic mass is 16.2. The number of nitrogen functional groups attached to an aromatic ring is 1. The second-order valence-electron chi connectivity index (χ2n) is 5.44. The molecule has 0 unspecified atom stereocenters. The largest absolute Gasteiger partial charge is 0.397 e. The lowest BCUT2D eigenvalue weighted by molar-refractivity contribution is -0.116. The standard InChI is InChI=1S/C18H22N4O2/c19-15-6-3-4-7-16(15)22-17(23)8-2-1-5-11-21-18(24)14-9-12-20-13-10-14/h3-4,6-7,9-10,12-13H,1-2,5,8,11,19H2,(H,21,24)(H,22,23). The molecular weight excluding hydrogens is 304 g/mol. The predicted molar refractivity (Wildman–Crippen MR) is 94.5 cm³/mol. The van der Waals surface area contributed by atoms with Crippen LogP contribution in [0.25, 0.3) is 0 Å². The van der Waals surface area contributed by atoms with E-state index in [1.807, 2.05) is 12.1 Å². The van der Waals surface area contributed by atoms with Crippen molar-refractivity contribution < 1.29 is 9.59 Å². The molecule has 6 nitrogen and oxygen atoms in total. The monoisotopic (exact) mass is 326 g/mol. The number of carbonyl (C=O) groups is 2. The van der Waals surface area contributed by atoms with E-state index < -0.39 is 0 Å². The molecule has 1 aromatic carbocycles. The van der Waals surface area contributed by atoms with Crippen LogP contribution in [0.2, 0.25) is 0 Å². The molecule has 0 aliphatic carbocycles. The van der Waals surface area contributed by atoms with Crippen LogP contribution in [-0.4, -0.2) is 23.3 Å². The first kappa shape index (κ1) is 17.5. The minimum absolute atomic E-state index is 0.0475. The van der Waals surface area contributed by atoms with Gasteiger partial charge in [-0.05, 0) is 37.1 Å². The van der Waals surface area contributed by atoms with Crippen LogP contribution in [0.3, 0.4) is 0 Å². The van der Waals surface area contributed by atoms with Gasteiger partial charge < -0.3 is 16.4 Å². The summed E-state index contributed by atoms with van der Waals surface area (Å²) in [5.41, 5.74) is 7.59. The van der Waals surface area contributed by atoms with Crippen LogP contribution >= 0.6 is 0 Å². The van der Waals surface area contributed by atoms with Crippen molar-refractivity contribution >= 4 is 23.2 Å². The van der Waals surface area contributed by atoms with E-state index >= 15 is 0 Å². The molecule has 0 aliphatic heterocycles. The van der Waals surface area contributed by atoms with E-state index in [0.29, 0.717) is 29.9 Å². The fourth-order valence-electron chi connectivity index (χ4n) is 2.22. The topological polar surface area (TPSA) is 97.1 Å². The lowest BCUT2D eigenvalue weighted by atomic mass is 10.1. The third kappa shape index (κ3) is 5.72. The number of amides is 2. The van der Waals surface area contributed by atoms with Gasteiger partial charge in [-0.15, -0.1) is 0 Å². The van der Waals surface area contributed by atoms with E-state index in [4.69, 9.17) is 5.73 Å². The van der Waals surface area contributed by atoms with E-state index in [2.05, 4.69) is 15.6 Å². The summed E-state index contributed by atoms with van der Waals surface area (Å²) in [6, 6.07) is 10.5. The molecule has 0 saturated carbocycles. The number of rotatable bonds is 8. The van der Waals surface area contributed by atoms with Crippen molar-refractivity contribution in [1.29, 1.82) is 0 Å². The number of hydrogen-bond acceptors (Lipinski definition) is 4. The lowest BCUT2D eigenvalue weighted by Crippen LogP contribution is -2.24. The van der Waals surface area contributed by atoms with Crippen molar-refractivity contribution in [3.05, 3.63) is 54.4 Å². The Hall–Kier alpha value is -2.89. The summed E-state index contributed by atoms with van der Waals surface area (Å²) in [5.74, 6) is -0.150. The second-order valence-corrected chi connectivity index (χ2v) is 5.44. The quantitative estimate of drug-likeness (QED) is 0.513. The molecule has 2 amide bonds. The first-order valence-corrected chi connectivity index (χ1v) is 7.99. The molecule has 2 rings (SSSR count). The maximum Gasteiger partial charge on any atom is 0.251 e. The Kier molecular flexibility index (Phi) is 6.76. The van der Waals surface area contributed by atoms with Gasteiger partial charge in [0.1, 0.15) is 0 Å². The van der Waals surface area contributed by atoms with Crippen molar-refractivity contribution in [2.45, 2.75) is 25.7 Å². The van der Waals surface area contributed by atoms with Crippen LogP contribution in [-0.2, 0) is 4.79 Å². The van der Waals surface area contributed by atoms with Crippen LogP contribution in [0.1, 0.15) is 36.0 Å². The van der Waals surface area contributed by atoms with Gasteiger partial charge in [-0.1, -0.05) is 18.6 Å². The van der Waals surface area contributed by atoms with Crippen molar-refractivity contribution in [1.82, 2.24) is 10.3 Å². The number of para-hydroxylation sites is 2. The third-order valence-electron chi connectivity index (χ3n) is 3.54. The van der Waals surface area contributed by atoms with Crippen molar-refractivity contribution in [2.24, 2.45) is 0 Å². The molecule has 126 valence electrons. The van der Waals surface area contributed by atoms with Crippen molar-refractivity contribution in [3.8, 4) is 0 Å². The highest BCUT2D eigenvalue weighted by Crippen LogP contribution is 2.17. The molecular formula is C18H22N4O2. The molecule has 4 N–H and O–H groups in total. The number of aromatic nitrogens is 1. The van der Waals surface area contributed by atoms with Crippen molar-refractivity contribution in [3.63, 3.8) is 0 Å². The number of pyridine rings is 1. The molecule has 0 aliphatic rings. The molecule has 0 fully saturated rings. The molecule has 0 spiro atoms. The molecule has 1 heterocycles. The number of nitrogens with two attached hydrogens (primary N) is 1. The fraction of sp³-hybridized carbons (Fsp3) is 0.278. The summed E-state index contributed by atoms with van der Waals surface area (Å²) in [6.45, 7) is 0.592. The van der Waals surface area contributed by atoms with Gasteiger partial charge in [-0.3, -0.25) is 14.6 Å². The first-order chi connectivity index (χ1) is 11.7. The van der Waals surface area contributed by atoms with E-state index in [-0.39, 0.29) is 11.8 Å². The molecule has 2 aromatic rings. The zero-order valence-electron chi connectivity index (χ0n) is 13.5. The average molecular weight is 326 g/mol. The van der Waals surface area contributed by atoms with Gasteiger partial charge in [-0.25, -0.2) is 0 Å². The Labute approximate surface area is 141 Å². The van der Waals surface area contributed by atoms with Gasteiger partial charge in [0.05, 0.1) is 11.4 Å². The average Bonchev–Trinajstić information content (AvgIpc) is 2.60.